The van der Waals surface area contributed by atoms with Gasteiger partial charge in [0.15, 0.2) is 0 Å². The molecule has 1 aliphatic carbocycles. The molecular formula is C15H20N2O. The number of rotatable bonds is 3. The number of benzene rings is 1. The van der Waals surface area contributed by atoms with Gasteiger partial charge >= 0.3 is 0 Å². The molecule has 0 spiro atoms. The first kappa shape index (κ1) is 11.7. The van der Waals surface area contributed by atoms with Gasteiger partial charge in [-0.2, -0.15) is 0 Å². The molecule has 18 heavy (non-hydrogen) atoms. The molecule has 96 valence electrons. The van der Waals surface area contributed by atoms with E-state index >= 15 is 0 Å². The molecular weight excluding hydrogens is 224 g/mol. The van der Waals surface area contributed by atoms with E-state index in [2.05, 4.69) is 22.8 Å². The first-order valence-electron chi connectivity index (χ1n) is 6.90. The van der Waals surface area contributed by atoms with Crippen LogP contribution in [0.25, 0.3) is 0 Å². The molecule has 2 fully saturated rings. The minimum absolute atomic E-state index is 0.203. The lowest BCUT2D eigenvalue weighted by Crippen LogP contribution is -2.46. The van der Waals surface area contributed by atoms with E-state index in [4.69, 9.17) is 0 Å². The smallest absolute Gasteiger partial charge is 0.224 e. The normalized spacial score (nSPS) is 30.8. The minimum Gasteiger partial charge on any atom is -0.352 e. The Morgan fingerprint density at radius 1 is 1.28 bits per heavy atom. The number of carbonyl (C=O) groups is 1. The van der Waals surface area contributed by atoms with E-state index in [0.717, 1.165) is 32.4 Å². The Kier molecular flexibility index (Phi) is 3.33. The molecule has 2 N–H and O–H groups in total. The number of amides is 1. The summed E-state index contributed by atoms with van der Waals surface area (Å²) >= 11 is 0. The van der Waals surface area contributed by atoms with Crippen LogP contribution < -0.4 is 10.6 Å². The van der Waals surface area contributed by atoms with Crippen LogP contribution in [0.3, 0.4) is 0 Å². The average Bonchev–Trinajstić information content (AvgIpc) is 3.21. The van der Waals surface area contributed by atoms with Gasteiger partial charge in [0.2, 0.25) is 5.91 Å². The molecule has 3 atom stereocenters. The second-order valence-electron chi connectivity index (χ2n) is 5.41. The summed E-state index contributed by atoms with van der Waals surface area (Å²) < 4.78 is 0. The van der Waals surface area contributed by atoms with Crippen LogP contribution in [0.5, 0.6) is 0 Å². The number of nitrogens with one attached hydrogen (secondary N) is 2. The fraction of sp³-hybridized carbons (Fsp3) is 0.533. The molecule has 1 aromatic carbocycles. The molecule has 0 aromatic heterocycles. The Morgan fingerprint density at radius 3 is 2.83 bits per heavy atom. The molecule has 0 radical (unpaired) electrons. The topological polar surface area (TPSA) is 41.1 Å². The summed E-state index contributed by atoms with van der Waals surface area (Å²) in [5.74, 6) is 0.898. The summed E-state index contributed by atoms with van der Waals surface area (Å²) in [6.45, 7) is 2.01. The van der Waals surface area contributed by atoms with Gasteiger partial charge in [0, 0.05) is 18.5 Å². The zero-order valence-corrected chi connectivity index (χ0v) is 10.6. The largest absolute Gasteiger partial charge is 0.352 e. The summed E-state index contributed by atoms with van der Waals surface area (Å²) in [4.78, 5) is 12.1. The van der Waals surface area contributed by atoms with Gasteiger partial charge < -0.3 is 10.6 Å². The van der Waals surface area contributed by atoms with Crippen LogP contribution in [0.1, 0.15) is 30.7 Å². The lowest BCUT2D eigenvalue weighted by molar-refractivity contribution is -0.123. The fourth-order valence-corrected chi connectivity index (χ4v) is 2.84. The van der Waals surface area contributed by atoms with E-state index < -0.39 is 0 Å². The lowest BCUT2D eigenvalue weighted by Gasteiger charge is -2.23. The van der Waals surface area contributed by atoms with E-state index in [9.17, 15) is 4.79 Å². The molecule has 1 amide bonds. The van der Waals surface area contributed by atoms with Crippen molar-refractivity contribution in [3.05, 3.63) is 35.9 Å². The van der Waals surface area contributed by atoms with Crippen LogP contribution in [0.4, 0.5) is 0 Å². The predicted molar refractivity (Wildman–Crippen MR) is 71.3 cm³/mol. The van der Waals surface area contributed by atoms with E-state index in [1.807, 2.05) is 18.2 Å². The minimum atomic E-state index is 0.203. The Hall–Kier alpha value is -1.35. The lowest BCUT2D eigenvalue weighted by atomic mass is 10.1. The molecule has 1 heterocycles. The highest BCUT2D eigenvalue weighted by atomic mass is 16.2. The van der Waals surface area contributed by atoms with Gasteiger partial charge in [0.25, 0.3) is 0 Å². The van der Waals surface area contributed by atoms with E-state index in [-0.39, 0.29) is 11.8 Å². The van der Waals surface area contributed by atoms with Gasteiger partial charge in [-0.25, -0.2) is 0 Å². The maximum Gasteiger partial charge on any atom is 0.224 e. The Balaban J connectivity index is 1.53. The second kappa shape index (κ2) is 5.11. The summed E-state index contributed by atoms with van der Waals surface area (Å²) in [7, 11) is 0. The third kappa shape index (κ3) is 2.56. The number of hydrogen-bond acceptors (Lipinski definition) is 2. The molecule has 3 rings (SSSR count). The van der Waals surface area contributed by atoms with Crippen molar-refractivity contribution in [1.29, 1.82) is 0 Å². The molecule has 0 bridgehead atoms. The number of carbonyl (C=O) groups excluding carboxylic acids is 1. The average molecular weight is 244 g/mol. The zero-order valence-electron chi connectivity index (χ0n) is 10.6. The van der Waals surface area contributed by atoms with Crippen LogP contribution in [-0.4, -0.2) is 25.0 Å². The molecule has 1 saturated heterocycles. The van der Waals surface area contributed by atoms with Crippen LogP contribution in [0.2, 0.25) is 0 Å². The van der Waals surface area contributed by atoms with Crippen LogP contribution in [0, 0.1) is 5.92 Å². The van der Waals surface area contributed by atoms with Gasteiger partial charge in [0.1, 0.15) is 0 Å². The Morgan fingerprint density at radius 2 is 2.11 bits per heavy atom. The maximum atomic E-state index is 12.1. The quantitative estimate of drug-likeness (QED) is 0.849. The highest BCUT2D eigenvalue weighted by Gasteiger charge is 2.44. The summed E-state index contributed by atoms with van der Waals surface area (Å²) in [5.41, 5.74) is 1.31. The third-order valence-corrected chi connectivity index (χ3v) is 4.00. The van der Waals surface area contributed by atoms with Crippen molar-refractivity contribution in [3.8, 4) is 0 Å². The third-order valence-electron chi connectivity index (χ3n) is 4.00. The molecule has 3 unspecified atom stereocenters. The number of piperidine rings is 1. The van der Waals surface area contributed by atoms with Crippen molar-refractivity contribution < 1.29 is 4.79 Å². The van der Waals surface area contributed by atoms with E-state index in [1.54, 1.807) is 0 Å². The van der Waals surface area contributed by atoms with Gasteiger partial charge in [0.05, 0.1) is 0 Å². The second-order valence-corrected chi connectivity index (χ2v) is 5.41. The maximum absolute atomic E-state index is 12.1. The van der Waals surface area contributed by atoms with Crippen molar-refractivity contribution in [2.45, 2.75) is 31.2 Å². The van der Waals surface area contributed by atoms with Crippen molar-refractivity contribution >= 4 is 5.91 Å². The Labute approximate surface area is 108 Å². The van der Waals surface area contributed by atoms with Crippen molar-refractivity contribution in [1.82, 2.24) is 10.6 Å². The highest BCUT2D eigenvalue weighted by Crippen LogP contribution is 2.47. The first-order valence-corrected chi connectivity index (χ1v) is 6.90. The van der Waals surface area contributed by atoms with Crippen LogP contribution in [0.15, 0.2) is 30.3 Å². The van der Waals surface area contributed by atoms with Gasteiger partial charge in [-0.1, -0.05) is 30.3 Å². The van der Waals surface area contributed by atoms with Gasteiger partial charge in [-0.15, -0.1) is 0 Å². The van der Waals surface area contributed by atoms with Crippen LogP contribution in [-0.2, 0) is 4.79 Å². The molecule has 3 nitrogen and oxygen atoms in total. The Bertz CT molecular complexity index is 412. The predicted octanol–water partition coefficient (Wildman–Crippen LogP) is 1.66. The van der Waals surface area contributed by atoms with Crippen LogP contribution >= 0.6 is 0 Å². The van der Waals surface area contributed by atoms with E-state index in [1.165, 1.54) is 5.56 Å². The standard InChI is InChI=1S/C15H20N2O/c18-15(17-12-7-4-8-16-10-12)14-9-13(14)11-5-2-1-3-6-11/h1-3,5-6,12-14,16H,4,7-10H2,(H,17,18). The van der Waals surface area contributed by atoms with E-state index in [0.29, 0.717) is 12.0 Å². The molecule has 1 saturated carbocycles. The van der Waals surface area contributed by atoms with Crippen molar-refractivity contribution in [2.24, 2.45) is 5.92 Å². The highest BCUT2D eigenvalue weighted by molar-refractivity contribution is 5.83. The van der Waals surface area contributed by atoms with Crippen molar-refractivity contribution in [2.75, 3.05) is 13.1 Å². The summed E-state index contributed by atoms with van der Waals surface area (Å²) in [6.07, 6.45) is 3.29. The molecule has 1 aliphatic heterocycles. The van der Waals surface area contributed by atoms with Crippen molar-refractivity contribution in [3.63, 3.8) is 0 Å². The van der Waals surface area contributed by atoms with Gasteiger partial charge in [-0.05, 0) is 37.3 Å². The monoisotopic (exact) mass is 244 g/mol. The summed E-state index contributed by atoms with van der Waals surface area (Å²) in [6, 6.07) is 10.7. The zero-order chi connectivity index (χ0) is 12.4. The van der Waals surface area contributed by atoms with Gasteiger partial charge in [-0.3, -0.25) is 4.79 Å². The fourth-order valence-electron chi connectivity index (χ4n) is 2.84. The summed E-state index contributed by atoms with van der Waals surface area (Å²) in [5, 5.41) is 6.51. The first-order chi connectivity index (χ1) is 8.84. The number of hydrogen-bond donors (Lipinski definition) is 2. The molecule has 2 aliphatic rings. The molecule has 3 heteroatoms. The molecule has 1 aromatic rings. The SMILES string of the molecule is O=C(NC1CCCNC1)C1CC1c1ccccc1.